The Labute approximate surface area is 147 Å². The number of nitrogens with one attached hydrogen (secondary N) is 3. The number of thiophene rings is 1. The van der Waals surface area contributed by atoms with Crippen LogP contribution in [0.25, 0.3) is 0 Å². The fourth-order valence-electron chi connectivity index (χ4n) is 1.95. The summed E-state index contributed by atoms with van der Waals surface area (Å²) in [6.07, 6.45) is -0.102. The van der Waals surface area contributed by atoms with Gasteiger partial charge >= 0.3 is 6.03 Å². The molecule has 0 aliphatic rings. The summed E-state index contributed by atoms with van der Waals surface area (Å²) in [6, 6.07) is 8.61. The Bertz CT molecular complexity index is 719. The second-order valence-electron chi connectivity index (χ2n) is 4.80. The van der Waals surface area contributed by atoms with Gasteiger partial charge in [0.25, 0.3) is 5.91 Å². The van der Waals surface area contributed by atoms with Crippen molar-refractivity contribution in [3.8, 4) is 0 Å². The monoisotopic (exact) mass is 366 g/mol. The van der Waals surface area contributed by atoms with Crippen molar-refractivity contribution in [2.75, 3.05) is 0 Å². The van der Waals surface area contributed by atoms with Crippen LogP contribution in [0.1, 0.15) is 27.7 Å². The summed E-state index contributed by atoms with van der Waals surface area (Å²) in [5.41, 5.74) is 10.4. The molecule has 1 atom stereocenters. The Morgan fingerprint density at radius 3 is 2.42 bits per heavy atom. The van der Waals surface area contributed by atoms with E-state index < -0.39 is 23.9 Å². The van der Waals surface area contributed by atoms with Crippen molar-refractivity contribution >= 4 is 40.8 Å². The van der Waals surface area contributed by atoms with Crippen LogP contribution in [-0.4, -0.2) is 17.8 Å². The number of rotatable bonds is 5. The number of amides is 4. The molecule has 1 heterocycles. The van der Waals surface area contributed by atoms with Crippen LogP contribution in [0.3, 0.4) is 0 Å². The highest BCUT2D eigenvalue weighted by Gasteiger charge is 2.18. The quantitative estimate of drug-likeness (QED) is 0.606. The van der Waals surface area contributed by atoms with Gasteiger partial charge in [0.1, 0.15) is 0 Å². The summed E-state index contributed by atoms with van der Waals surface area (Å²) in [6.45, 7) is 0. The van der Waals surface area contributed by atoms with E-state index in [4.69, 9.17) is 17.3 Å². The maximum Gasteiger partial charge on any atom is 0.312 e. The number of carbonyl (C=O) groups excluding carboxylic acids is 3. The second kappa shape index (κ2) is 8.32. The molecule has 9 heteroatoms. The average Bonchev–Trinajstić information content (AvgIpc) is 3.07. The molecule has 0 spiro atoms. The molecule has 2 rings (SSSR count). The highest BCUT2D eigenvalue weighted by molar-refractivity contribution is 7.12. The molecular formula is C15H15ClN4O3S. The van der Waals surface area contributed by atoms with Crippen LogP contribution >= 0.6 is 22.9 Å². The van der Waals surface area contributed by atoms with Crippen molar-refractivity contribution < 1.29 is 14.4 Å². The van der Waals surface area contributed by atoms with Crippen LogP contribution in [0.15, 0.2) is 41.8 Å². The summed E-state index contributed by atoms with van der Waals surface area (Å²) in [5, 5.41) is 4.77. The summed E-state index contributed by atoms with van der Waals surface area (Å²) in [7, 11) is 0. The first-order valence-electron chi connectivity index (χ1n) is 6.90. The smallest absolute Gasteiger partial charge is 0.312 e. The molecule has 0 bridgehead atoms. The van der Waals surface area contributed by atoms with E-state index >= 15 is 0 Å². The molecule has 24 heavy (non-hydrogen) atoms. The lowest BCUT2D eigenvalue weighted by atomic mass is 10.0. The van der Waals surface area contributed by atoms with Gasteiger partial charge in [0.05, 0.1) is 17.3 Å². The Balaban J connectivity index is 1.95. The number of carbonyl (C=O) groups is 3. The van der Waals surface area contributed by atoms with Crippen molar-refractivity contribution in [1.82, 2.24) is 16.2 Å². The number of nitrogens with two attached hydrogens (primary N) is 1. The molecule has 0 unspecified atom stereocenters. The molecule has 0 aliphatic carbocycles. The van der Waals surface area contributed by atoms with Crippen molar-refractivity contribution in [3.63, 3.8) is 0 Å². The van der Waals surface area contributed by atoms with Crippen molar-refractivity contribution in [3.05, 3.63) is 57.2 Å². The minimum atomic E-state index is -0.759. The van der Waals surface area contributed by atoms with Gasteiger partial charge in [-0.2, -0.15) is 0 Å². The first-order chi connectivity index (χ1) is 11.5. The summed E-state index contributed by atoms with van der Waals surface area (Å²) in [5.74, 6) is -0.891. The molecular weight excluding hydrogens is 352 g/mol. The minimum absolute atomic E-state index is 0.102. The van der Waals surface area contributed by atoms with Gasteiger partial charge < -0.3 is 11.1 Å². The molecule has 4 amide bonds. The van der Waals surface area contributed by atoms with E-state index in [1.165, 1.54) is 11.3 Å². The number of urea groups is 1. The van der Waals surface area contributed by atoms with Gasteiger partial charge in [-0.15, -0.1) is 11.3 Å². The van der Waals surface area contributed by atoms with E-state index in [9.17, 15) is 14.4 Å². The zero-order valence-electron chi connectivity index (χ0n) is 12.4. The first kappa shape index (κ1) is 17.8. The van der Waals surface area contributed by atoms with E-state index in [1.807, 2.05) is 0 Å². The molecule has 2 aromatic rings. The largest absolute Gasteiger partial charge is 0.352 e. The Morgan fingerprint density at radius 2 is 1.83 bits per heavy atom. The maximum absolute atomic E-state index is 12.0. The van der Waals surface area contributed by atoms with Crippen molar-refractivity contribution in [2.24, 2.45) is 5.73 Å². The number of hydrogen-bond acceptors (Lipinski definition) is 4. The Hall–Kier alpha value is -2.58. The molecule has 1 aromatic heterocycles. The van der Waals surface area contributed by atoms with Gasteiger partial charge in [-0.3, -0.25) is 20.4 Å². The Kier molecular flexibility index (Phi) is 6.16. The van der Waals surface area contributed by atoms with Crippen LogP contribution in [-0.2, 0) is 4.79 Å². The molecule has 126 valence electrons. The lowest BCUT2D eigenvalue weighted by Crippen LogP contribution is -2.43. The lowest BCUT2D eigenvalue weighted by Gasteiger charge is -2.18. The third-order valence-corrected chi connectivity index (χ3v) is 4.16. The predicted octanol–water partition coefficient (Wildman–Crippen LogP) is 1.96. The third kappa shape index (κ3) is 5.25. The summed E-state index contributed by atoms with van der Waals surface area (Å²) >= 11 is 7.08. The maximum atomic E-state index is 12.0. The molecule has 7 nitrogen and oxygen atoms in total. The number of hydrazine groups is 1. The topological polar surface area (TPSA) is 113 Å². The van der Waals surface area contributed by atoms with Crippen molar-refractivity contribution in [2.45, 2.75) is 12.5 Å². The van der Waals surface area contributed by atoms with Gasteiger partial charge in [0.2, 0.25) is 5.91 Å². The standard InChI is InChI=1S/C15H15ClN4O3S/c16-10-5-3-9(4-6-10)11(18-15(17)23)8-13(21)19-20-14(22)12-2-1-7-24-12/h1-7,11H,8H2,(H,19,21)(H,20,22)(H3,17,18,23)/t11-/m1/s1. The number of primary amides is 1. The van der Waals surface area contributed by atoms with Gasteiger partial charge in [-0.1, -0.05) is 29.8 Å². The van der Waals surface area contributed by atoms with Crippen LogP contribution in [0.5, 0.6) is 0 Å². The normalized spacial score (nSPS) is 11.4. The van der Waals surface area contributed by atoms with Crippen LogP contribution in [0.2, 0.25) is 5.02 Å². The zero-order valence-corrected chi connectivity index (χ0v) is 14.0. The molecule has 0 fully saturated rings. The lowest BCUT2D eigenvalue weighted by molar-refractivity contribution is -0.122. The number of hydrogen-bond donors (Lipinski definition) is 4. The summed E-state index contributed by atoms with van der Waals surface area (Å²) < 4.78 is 0. The SMILES string of the molecule is NC(=O)N[C@H](CC(=O)NNC(=O)c1cccs1)c1ccc(Cl)cc1. The van der Waals surface area contributed by atoms with E-state index in [0.29, 0.717) is 15.5 Å². The zero-order chi connectivity index (χ0) is 17.5. The van der Waals surface area contributed by atoms with E-state index in [0.717, 1.165) is 0 Å². The second-order valence-corrected chi connectivity index (χ2v) is 6.18. The van der Waals surface area contributed by atoms with Gasteiger partial charge in [0, 0.05) is 5.02 Å². The fraction of sp³-hybridized carbons (Fsp3) is 0.133. The van der Waals surface area contributed by atoms with E-state index in [2.05, 4.69) is 16.2 Å². The first-order valence-corrected chi connectivity index (χ1v) is 8.15. The van der Waals surface area contributed by atoms with Crippen LogP contribution in [0.4, 0.5) is 4.79 Å². The predicted molar refractivity (Wildman–Crippen MR) is 91.5 cm³/mol. The minimum Gasteiger partial charge on any atom is -0.352 e. The fourth-order valence-corrected chi connectivity index (χ4v) is 2.70. The van der Waals surface area contributed by atoms with Gasteiger partial charge in [-0.25, -0.2) is 4.79 Å². The average molecular weight is 367 g/mol. The molecule has 0 saturated carbocycles. The molecule has 5 N–H and O–H groups in total. The highest BCUT2D eigenvalue weighted by Crippen LogP contribution is 2.19. The highest BCUT2D eigenvalue weighted by atomic mass is 35.5. The molecule has 0 aliphatic heterocycles. The summed E-state index contributed by atoms with van der Waals surface area (Å²) in [4.78, 5) is 35.4. The number of benzene rings is 1. The van der Waals surface area contributed by atoms with Crippen molar-refractivity contribution in [1.29, 1.82) is 0 Å². The Morgan fingerprint density at radius 1 is 1.12 bits per heavy atom. The van der Waals surface area contributed by atoms with E-state index in [1.54, 1.807) is 41.8 Å². The number of halogens is 1. The van der Waals surface area contributed by atoms with Crippen LogP contribution < -0.4 is 21.9 Å². The van der Waals surface area contributed by atoms with E-state index in [-0.39, 0.29) is 6.42 Å². The molecule has 1 aromatic carbocycles. The van der Waals surface area contributed by atoms with Crippen LogP contribution in [0, 0.1) is 0 Å². The molecule has 0 radical (unpaired) electrons. The molecule has 0 saturated heterocycles. The van der Waals surface area contributed by atoms with Gasteiger partial charge in [0.15, 0.2) is 0 Å². The third-order valence-electron chi connectivity index (χ3n) is 3.04. The van der Waals surface area contributed by atoms with Gasteiger partial charge in [-0.05, 0) is 29.1 Å².